The van der Waals surface area contributed by atoms with Gasteiger partial charge in [-0.15, -0.1) is 23.2 Å². The van der Waals surface area contributed by atoms with E-state index in [1.807, 2.05) is 39.8 Å². The van der Waals surface area contributed by atoms with Crippen molar-refractivity contribution in [2.24, 2.45) is 9.98 Å². The van der Waals surface area contributed by atoms with Crippen LogP contribution < -0.4 is 0 Å². The molecule has 0 aliphatic carbocycles. The fourth-order valence-corrected chi connectivity index (χ4v) is 3.42. The van der Waals surface area contributed by atoms with E-state index in [0.717, 1.165) is 45.6 Å². The SMILES string of the molecule is CC1=Nc2cc(C)c(C)cc2N=C(C)/C=C(/C)[N-]c2cc(C)c(C)cc2[N-]/C(C)=C\1.ClCCl.[O-2].[V+4]. The predicted octanol–water partition coefficient (Wildman–Crippen LogP) is 9.94. The number of aliphatic imine (C=N–C) groups is 2. The van der Waals surface area contributed by atoms with Crippen LogP contribution in [0.25, 0.3) is 10.6 Å². The van der Waals surface area contributed by atoms with Crippen LogP contribution in [0.2, 0.25) is 0 Å². The number of hydrogen-bond donors (Lipinski definition) is 0. The minimum atomic E-state index is 0. The third kappa shape index (κ3) is 9.87. The van der Waals surface area contributed by atoms with Crippen molar-refractivity contribution in [1.82, 2.24) is 0 Å². The molecule has 8 heteroatoms. The maximum absolute atomic E-state index is 4.85. The Morgan fingerprint density at radius 1 is 0.600 bits per heavy atom. The Morgan fingerprint density at radius 2 is 0.886 bits per heavy atom. The summed E-state index contributed by atoms with van der Waals surface area (Å²) in [6.07, 6.45) is 4.01. The van der Waals surface area contributed by atoms with E-state index in [-0.39, 0.29) is 29.4 Å². The quantitative estimate of drug-likeness (QED) is 0.293. The molecular weight excluding hydrogens is 518 g/mol. The largest absolute Gasteiger partial charge is 4.00 e. The van der Waals surface area contributed by atoms with E-state index in [4.69, 9.17) is 43.8 Å². The second-order valence-corrected chi connectivity index (χ2v) is 9.06. The van der Waals surface area contributed by atoms with Gasteiger partial charge in [0.15, 0.2) is 0 Å². The molecule has 5 nitrogen and oxygen atoms in total. The number of alkyl halides is 2. The first-order valence-electron chi connectivity index (χ1n) is 10.8. The van der Waals surface area contributed by atoms with Gasteiger partial charge in [-0.2, -0.15) is 22.8 Å². The van der Waals surface area contributed by atoms with Crippen LogP contribution in [-0.2, 0) is 24.0 Å². The Morgan fingerprint density at radius 3 is 1.20 bits per heavy atom. The van der Waals surface area contributed by atoms with Gasteiger partial charge < -0.3 is 16.1 Å². The standard InChI is InChI=1S/C26H30N4.CH2Cl2.O.V/c1-15-9-23-24(10-16(15)2)28-20(6)14-22(8)30-26-12-18(4)17(3)11-25(26)29-21(7)13-19(5)27-23;2-1-3;;/h9-14H,1-8H3;1H2;;/q-2;;-2;+4/b19-13-,20-14-,29-21?,30-22?;;;. The fourth-order valence-electron chi connectivity index (χ4n) is 3.42. The molecule has 0 bridgehead atoms. The van der Waals surface area contributed by atoms with Gasteiger partial charge in [0.05, 0.1) is 16.7 Å². The molecule has 1 heterocycles. The van der Waals surface area contributed by atoms with Crippen LogP contribution in [0.4, 0.5) is 22.7 Å². The van der Waals surface area contributed by atoms with Crippen molar-refractivity contribution in [1.29, 1.82) is 0 Å². The first kappa shape index (κ1) is 33.0. The van der Waals surface area contributed by atoms with Gasteiger partial charge in [-0.1, -0.05) is 38.1 Å². The average molecular weight is 550 g/mol. The number of allylic oxidation sites excluding steroid dienone is 4. The Balaban J connectivity index is 0.00000220. The minimum absolute atomic E-state index is 0. The van der Waals surface area contributed by atoms with Gasteiger partial charge in [-0.3, -0.25) is 9.98 Å². The molecule has 2 aromatic carbocycles. The number of fused-ring (bicyclic) bond motifs is 2. The first-order valence-corrected chi connectivity index (χ1v) is 11.9. The van der Waals surface area contributed by atoms with Crippen LogP contribution in [0.5, 0.6) is 0 Å². The molecule has 2 aromatic rings. The molecule has 0 N–H and O–H groups in total. The van der Waals surface area contributed by atoms with Crippen molar-refractivity contribution in [3.05, 3.63) is 80.7 Å². The van der Waals surface area contributed by atoms with Crippen LogP contribution in [0.1, 0.15) is 49.9 Å². The normalized spacial score (nSPS) is 16.1. The van der Waals surface area contributed by atoms with E-state index in [1.165, 1.54) is 22.3 Å². The van der Waals surface area contributed by atoms with E-state index in [1.54, 1.807) is 0 Å². The minimum Gasteiger partial charge on any atom is -2.00 e. The van der Waals surface area contributed by atoms with Crippen molar-refractivity contribution in [2.45, 2.75) is 55.4 Å². The number of rotatable bonds is 0. The average Bonchev–Trinajstić information content (AvgIpc) is 2.69. The number of nitrogens with zero attached hydrogens (tertiary/aromatic N) is 4. The van der Waals surface area contributed by atoms with Gasteiger partial charge in [0.1, 0.15) is 0 Å². The van der Waals surface area contributed by atoms with Gasteiger partial charge in [-0.05, 0) is 75.9 Å². The molecule has 0 saturated carbocycles. The molecule has 3 rings (SSSR count). The van der Waals surface area contributed by atoms with Crippen LogP contribution in [0, 0.1) is 27.7 Å². The predicted molar refractivity (Wildman–Crippen MR) is 148 cm³/mol. The third-order valence-corrected chi connectivity index (χ3v) is 5.20. The summed E-state index contributed by atoms with van der Waals surface area (Å²) in [6.45, 7) is 16.4. The van der Waals surface area contributed by atoms with Crippen molar-refractivity contribution in [3.8, 4) is 0 Å². The van der Waals surface area contributed by atoms with Gasteiger partial charge in [0.25, 0.3) is 0 Å². The molecule has 1 radical (unpaired) electrons. The first-order chi connectivity index (χ1) is 15.5. The fraction of sp³-hybridized carbons (Fsp3) is 0.333. The molecule has 0 unspecified atom stereocenters. The van der Waals surface area contributed by atoms with Gasteiger partial charge in [0.2, 0.25) is 0 Å². The third-order valence-electron chi connectivity index (χ3n) is 5.20. The topological polar surface area (TPSA) is 81.4 Å². The zero-order valence-electron chi connectivity index (χ0n) is 21.6. The molecule has 0 aromatic heterocycles. The molecular formula is C27H32Cl2N4OV. The van der Waals surface area contributed by atoms with Crippen LogP contribution in [-0.4, -0.2) is 16.8 Å². The van der Waals surface area contributed by atoms with E-state index in [2.05, 4.69) is 52.0 Å². The Kier molecular flexibility index (Phi) is 14.3. The summed E-state index contributed by atoms with van der Waals surface area (Å²) in [5, 5.41) is 9.89. The van der Waals surface area contributed by atoms with E-state index < -0.39 is 0 Å². The molecule has 1 aliphatic rings. The Labute approximate surface area is 232 Å². The summed E-state index contributed by atoms with van der Waals surface area (Å²) in [5.74, 6) is 0. The zero-order valence-corrected chi connectivity index (χ0v) is 24.5. The maximum atomic E-state index is 4.85. The van der Waals surface area contributed by atoms with Gasteiger partial charge in [0, 0.05) is 11.4 Å². The summed E-state index contributed by atoms with van der Waals surface area (Å²) in [7, 11) is 0. The van der Waals surface area contributed by atoms with E-state index in [0.29, 0.717) is 0 Å². The summed E-state index contributed by atoms with van der Waals surface area (Å²) >= 11 is 9.53. The monoisotopic (exact) mass is 549 g/mol. The van der Waals surface area contributed by atoms with Crippen LogP contribution in [0.3, 0.4) is 0 Å². The van der Waals surface area contributed by atoms with Crippen LogP contribution >= 0.6 is 23.2 Å². The molecule has 0 fully saturated rings. The second kappa shape index (κ2) is 15.2. The summed E-state index contributed by atoms with van der Waals surface area (Å²) in [4.78, 5) is 9.70. The summed E-state index contributed by atoms with van der Waals surface area (Å²) < 4.78 is 0. The number of aryl methyl sites for hydroxylation is 4. The molecule has 1 aliphatic heterocycles. The van der Waals surface area contributed by atoms with Gasteiger partial charge >= 0.3 is 18.6 Å². The van der Waals surface area contributed by atoms with Crippen molar-refractivity contribution >= 4 is 57.4 Å². The molecule has 0 spiro atoms. The van der Waals surface area contributed by atoms with Crippen LogP contribution in [0.15, 0.2) is 57.8 Å². The van der Waals surface area contributed by atoms with Crippen molar-refractivity contribution in [2.75, 3.05) is 5.34 Å². The molecule has 35 heavy (non-hydrogen) atoms. The van der Waals surface area contributed by atoms with Crippen molar-refractivity contribution < 1.29 is 24.0 Å². The summed E-state index contributed by atoms with van der Waals surface area (Å²) in [5.41, 5.74) is 11.8. The summed E-state index contributed by atoms with van der Waals surface area (Å²) in [6, 6.07) is 8.39. The molecule has 0 saturated heterocycles. The Bertz CT molecular complexity index is 1070. The molecule has 185 valence electrons. The van der Waals surface area contributed by atoms with E-state index >= 15 is 0 Å². The molecule has 0 amide bonds. The second-order valence-electron chi connectivity index (χ2n) is 8.25. The van der Waals surface area contributed by atoms with E-state index in [9.17, 15) is 0 Å². The molecule has 0 atom stereocenters. The number of halogens is 2. The van der Waals surface area contributed by atoms with Gasteiger partial charge in [-0.25, -0.2) is 0 Å². The van der Waals surface area contributed by atoms with Crippen molar-refractivity contribution in [3.63, 3.8) is 0 Å². The zero-order chi connectivity index (χ0) is 24.7. The number of hydrogen-bond acceptors (Lipinski definition) is 2. The smallest absolute Gasteiger partial charge is 2.00 e. The maximum Gasteiger partial charge on any atom is 4.00 e. The number of benzene rings is 2. The Hall–Kier alpha value is -2.02.